The van der Waals surface area contributed by atoms with Gasteiger partial charge in [-0.15, -0.1) is 0 Å². The third-order valence-electron chi connectivity index (χ3n) is 3.15. The zero-order valence-electron chi connectivity index (χ0n) is 10.2. The van der Waals surface area contributed by atoms with Gasteiger partial charge in [0.25, 0.3) is 0 Å². The molecule has 1 radical (unpaired) electrons. The predicted molar refractivity (Wildman–Crippen MR) is 70.5 cm³/mol. The average molecular weight is 298 g/mol. The highest BCUT2D eigenvalue weighted by Crippen LogP contribution is 2.43. The Bertz CT molecular complexity index is 647. The largest absolute Gasteiger partial charge is 0.485 e. The zero-order valence-corrected chi connectivity index (χ0v) is 10.9. The van der Waals surface area contributed by atoms with Crippen LogP contribution >= 0.6 is 11.6 Å². The molecule has 5 heteroatoms. The number of rotatable bonds is 1. The maximum absolute atomic E-state index is 12.9. The molecule has 0 N–H and O–H groups in total. The summed E-state index contributed by atoms with van der Waals surface area (Å²) in [6.45, 7) is 1.50. The number of hydrogen-bond donors (Lipinski definition) is 0. The Morgan fingerprint density at radius 1 is 1.05 bits per heavy atom. The quantitative estimate of drug-likeness (QED) is 0.709. The molecule has 0 saturated carbocycles. The topological polar surface area (TPSA) is 9.23 Å². The molecule has 2 aromatic rings. The first kappa shape index (κ1) is 13.3. The van der Waals surface area contributed by atoms with Crippen molar-refractivity contribution in [2.75, 3.05) is 0 Å². The van der Waals surface area contributed by atoms with Crippen molar-refractivity contribution in [3.63, 3.8) is 0 Å². The van der Waals surface area contributed by atoms with Gasteiger partial charge in [-0.1, -0.05) is 23.7 Å². The molecule has 0 bridgehead atoms. The van der Waals surface area contributed by atoms with Crippen LogP contribution in [0.3, 0.4) is 0 Å². The fourth-order valence-corrected chi connectivity index (χ4v) is 2.33. The molecule has 0 aromatic heterocycles. The van der Waals surface area contributed by atoms with Crippen LogP contribution in [0.15, 0.2) is 36.4 Å². The lowest BCUT2D eigenvalue weighted by molar-refractivity contribution is -0.137. The lowest BCUT2D eigenvalue weighted by Gasteiger charge is -2.13. The highest BCUT2D eigenvalue weighted by Gasteiger charge is 2.33. The first-order valence-corrected chi connectivity index (χ1v) is 6.31. The lowest BCUT2D eigenvalue weighted by atomic mass is 9.98. The molecule has 2 aromatic carbocycles. The molecule has 0 amide bonds. The fraction of sp³-hybridized carbons (Fsp3) is 0.133. The van der Waals surface area contributed by atoms with Gasteiger partial charge in [-0.25, -0.2) is 0 Å². The van der Waals surface area contributed by atoms with Gasteiger partial charge in [-0.2, -0.15) is 13.2 Å². The van der Waals surface area contributed by atoms with E-state index in [1.165, 1.54) is 6.61 Å². The second-order valence-corrected chi connectivity index (χ2v) is 4.94. The first-order chi connectivity index (χ1) is 9.45. The Balaban J connectivity index is 2.19. The second-order valence-electron chi connectivity index (χ2n) is 4.51. The molecular weight excluding hydrogens is 289 g/mol. The van der Waals surface area contributed by atoms with E-state index in [-0.39, 0.29) is 0 Å². The van der Waals surface area contributed by atoms with Crippen LogP contribution < -0.4 is 4.74 Å². The van der Waals surface area contributed by atoms with E-state index in [0.717, 1.165) is 12.1 Å². The Labute approximate surface area is 118 Å². The van der Waals surface area contributed by atoms with Crippen molar-refractivity contribution in [2.24, 2.45) is 0 Å². The molecule has 0 fully saturated rings. The summed E-state index contributed by atoms with van der Waals surface area (Å²) in [4.78, 5) is 0. The van der Waals surface area contributed by atoms with Crippen LogP contribution in [0.1, 0.15) is 11.1 Å². The summed E-state index contributed by atoms with van der Waals surface area (Å²) in [5.74, 6) is 0.486. The molecule has 3 rings (SSSR count). The van der Waals surface area contributed by atoms with Crippen LogP contribution in [0.5, 0.6) is 5.75 Å². The smallest absolute Gasteiger partial charge is 0.416 e. The Kier molecular flexibility index (Phi) is 3.13. The number of alkyl halides is 3. The summed E-state index contributed by atoms with van der Waals surface area (Å²) in [5.41, 5.74) is 0.956. The van der Waals surface area contributed by atoms with Crippen molar-refractivity contribution in [1.82, 2.24) is 0 Å². The van der Waals surface area contributed by atoms with Crippen LogP contribution in [0.4, 0.5) is 13.2 Å². The second kappa shape index (κ2) is 4.70. The van der Waals surface area contributed by atoms with Gasteiger partial charge in [-0.3, -0.25) is 0 Å². The van der Waals surface area contributed by atoms with Crippen LogP contribution in [0.25, 0.3) is 11.1 Å². The summed E-state index contributed by atoms with van der Waals surface area (Å²) < 4.78 is 44.2. The van der Waals surface area contributed by atoms with Gasteiger partial charge in [0.1, 0.15) is 12.4 Å². The zero-order chi connectivity index (χ0) is 14.3. The molecule has 20 heavy (non-hydrogen) atoms. The van der Waals surface area contributed by atoms with Crippen LogP contribution in [-0.2, 0) is 12.6 Å². The van der Waals surface area contributed by atoms with Gasteiger partial charge in [-0.05, 0) is 35.4 Å². The summed E-state index contributed by atoms with van der Waals surface area (Å²) >= 11 is 5.80. The predicted octanol–water partition coefficient (Wildman–Crippen LogP) is 5.12. The average Bonchev–Trinajstić information content (AvgIpc) is 2.85. The third-order valence-corrected chi connectivity index (χ3v) is 3.40. The van der Waals surface area contributed by atoms with Crippen LogP contribution in [0, 0.1) is 6.61 Å². The Morgan fingerprint density at radius 2 is 1.75 bits per heavy atom. The lowest BCUT2D eigenvalue weighted by Crippen LogP contribution is -2.05. The number of hydrogen-bond acceptors (Lipinski definition) is 1. The summed E-state index contributed by atoms with van der Waals surface area (Å²) in [7, 11) is 0. The minimum absolute atomic E-state index is 0.375. The molecule has 103 valence electrons. The molecule has 1 heterocycles. The maximum atomic E-state index is 12.9. The number of halogens is 4. The van der Waals surface area contributed by atoms with Crippen molar-refractivity contribution in [3.8, 4) is 16.9 Å². The van der Waals surface area contributed by atoms with E-state index in [0.29, 0.717) is 33.9 Å². The number of ether oxygens (including phenoxy) is 1. The van der Waals surface area contributed by atoms with Gasteiger partial charge in [0.2, 0.25) is 0 Å². The summed E-state index contributed by atoms with van der Waals surface area (Å²) in [6.07, 6.45) is -4.00. The van der Waals surface area contributed by atoms with Crippen molar-refractivity contribution in [3.05, 3.63) is 59.2 Å². The standard InChI is InChI=1S/C15H9ClF3O/c16-12-3-1-9(2-4-12)13-8-11(15(17,18)19)7-10-5-6-20-14(10)13/h1-4,6-8H,5H2. The molecule has 1 aliphatic heterocycles. The van der Waals surface area contributed by atoms with E-state index in [9.17, 15) is 13.2 Å². The van der Waals surface area contributed by atoms with Gasteiger partial charge in [0.15, 0.2) is 0 Å². The van der Waals surface area contributed by atoms with E-state index in [4.69, 9.17) is 16.3 Å². The van der Waals surface area contributed by atoms with Gasteiger partial charge in [0, 0.05) is 17.0 Å². The van der Waals surface area contributed by atoms with Gasteiger partial charge in [0.05, 0.1) is 5.56 Å². The molecule has 0 aliphatic carbocycles. The Morgan fingerprint density at radius 3 is 2.40 bits per heavy atom. The SMILES string of the molecule is FC(F)(F)c1cc2c(c(-c3ccc(Cl)cc3)c1)O[CH]C2. The maximum Gasteiger partial charge on any atom is 0.416 e. The van der Waals surface area contributed by atoms with E-state index >= 15 is 0 Å². The van der Waals surface area contributed by atoms with E-state index in [2.05, 4.69) is 0 Å². The highest BCUT2D eigenvalue weighted by atomic mass is 35.5. The number of fused-ring (bicyclic) bond motifs is 1. The highest BCUT2D eigenvalue weighted by molar-refractivity contribution is 6.30. The molecule has 0 unspecified atom stereocenters. The van der Waals surface area contributed by atoms with Crippen molar-refractivity contribution < 1.29 is 17.9 Å². The summed E-state index contributed by atoms with van der Waals surface area (Å²) in [6, 6.07) is 8.89. The van der Waals surface area contributed by atoms with Gasteiger partial charge < -0.3 is 4.74 Å². The third kappa shape index (κ3) is 2.36. The molecular formula is C15H9ClF3O. The molecule has 0 saturated heterocycles. The van der Waals surface area contributed by atoms with E-state index < -0.39 is 11.7 Å². The molecule has 0 atom stereocenters. The van der Waals surface area contributed by atoms with E-state index in [1.54, 1.807) is 24.3 Å². The van der Waals surface area contributed by atoms with Gasteiger partial charge >= 0.3 is 6.18 Å². The fourth-order valence-electron chi connectivity index (χ4n) is 2.20. The van der Waals surface area contributed by atoms with E-state index in [1.807, 2.05) is 0 Å². The summed E-state index contributed by atoms with van der Waals surface area (Å²) in [5, 5.41) is 0.532. The number of benzene rings is 2. The van der Waals surface area contributed by atoms with Crippen LogP contribution in [0.2, 0.25) is 5.02 Å². The minimum Gasteiger partial charge on any atom is -0.485 e. The van der Waals surface area contributed by atoms with Crippen molar-refractivity contribution in [2.45, 2.75) is 12.6 Å². The molecule has 1 aliphatic rings. The first-order valence-electron chi connectivity index (χ1n) is 5.93. The van der Waals surface area contributed by atoms with Crippen molar-refractivity contribution >= 4 is 11.6 Å². The van der Waals surface area contributed by atoms with Crippen LogP contribution in [-0.4, -0.2) is 0 Å². The Hall–Kier alpha value is -1.68. The normalized spacial score (nSPS) is 14.0. The molecule has 0 spiro atoms. The van der Waals surface area contributed by atoms with Crippen molar-refractivity contribution in [1.29, 1.82) is 0 Å². The minimum atomic E-state index is -4.38. The molecule has 1 nitrogen and oxygen atoms in total. The monoisotopic (exact) mass is 297 g/mol.